The number of allylic oxidation sites excluding steroid dienone is 3. The number of hydrogen-bond donors (Lipinski definition) is 1. The fourth-order valence-electron chi connectivity index (χ4n) is 3.25. The van der Waals surface area contributed by atoms with Gasteiger partial charge in [0.1, 0.15) is 12.4 Å². The third-order valence-corrected chi connectivity index (χ3v) is 4.71. The van der Waals surface area contributed by atoms with E-state index in [1.165, 1.54) is 17.7 Å². The Morgan fingerprint density at radius 3 is 3.00 bits per heavy atom. The lowest BCUT2D eigenvalue weighted by Crippen LogP contribution is -2.22. The van der Waals surface area contributed by atoms with Gasteiger partial charge in [0, 0.05) is 30.6 Å². The van der Waals surface area contributed by atoms with Gasteiger partial charge in [0.2, 0.25) is 0 Å². The standard InChI is InChI=1S/C21H27N3O/c1-3-17(2)24-13-7-12-20(24)21-22-15-19(23-21)11-8-14-25-16-18-9-5-4-6-10-18/h3-6,8-10,14-15,20H,7,11-13,16H2,1-2H3,(H,22,23). The third-order valence-electron chi connectivity index (χ3n) is 4.71. The molecular weight excluding hydrogens is 310 g/mol. The molecule has 0 spiro atoms. The molecule has 4 nitrogen and oxygen atoms in total. The van der Waals surface area contributed by atoms with Crippen LogP contribution in [0.1, 0.15) is 49.8 Å². The Bertz CT molecular complexity index is 718. The molecule has 1 atom stereocenters. The molecule has 0 amide bonds. The highest BCUT2D eigenvalue weighted by Crippen LogP contribution is 2.33. The average Bonchev–Trinajstić information content (AvgIpc) is 3.30. The van der Waals surface area contributed by atoms with Crippen LogP contribution in [0, 0.1) is 0 Å². The highest BCUT2D eigenvalue weighted by Gasteiger charge is 2.27. The van der Waals surface area contributed by atoms with E-state index in [0.717, 1.165) is 30.9 Å². The van der Waals surface area contributed by atoms with Crippen LogP contribution in [-0.2, 0) is 17.8 Å². The summed E-state index contributed by atoms with van der Waals surface area (Å²) in [6, 6.07) is 10.6. The summed E-state index contributed by atoms with van der Waals surface area (Å²) in [6.07, 6.45) is 11.1. The number of nitrogens with one attached hydrogen (secondary N) is 1. The van der Waals surface area contributed by atoms with E-state index in [1.54, 1.807) is 6.26 Å². The molecular formula is C21H27N3O. The van der Waals surface area contributed by atoms with Gasteiger partial charge in [0.05, 0.1) is 12.3 Å². The lowest BCUT2D eigenvalue weighted by atomic mass is 10.2. The molecule has 2 heterocycles. The van der Waals surface area contributed by atoms with E-state index in [2.05, 4.69) is 46.9 Å². The topological polar surface area (TPSA) is 41.2 Å². The summed E-state index contributed by atoms with van der Waals surface area (Å²) < 4.78 is 5.58. The van der Waals surface area contributed by atoms with Crippen molar-refractivity contribution in [3.05, 3.63) is 77.7 Å². The average molecular weight is 337 g/mol. The highest BCUT2D eigenvalue weighted by atomic mass is 16.5. The molecule has 1 fully saturated rings. The SMILES string of the molecule is CC=C(C)N1CCCC1c1ncc(CC=COCc2ccccc2)[nH]1. The smallest absolute Gasteiger partial charge is 0.129 e. The lowest BCUT2D eigenvalue weighted by Gasteiger charge is -2.25. The molecule has 0 saturated carbocycles. The number of H-pyrrole nitrogens is 1. The number of aromatic nitrogens is 2. The Kier molecular flexibility index (Phi) is 5.94. The van der Waals surface area contributed by atoms with Crippen LogP contribution >= 0.6 is 0 Å². The van der Waals surface area contributed by atoms with Crippen LogP contribution in [0.2, 0.25) is 0 Å². The summed E-state index contributed by atoms with van der Waals surface area (Å²) >= 11 is 0. The number of likely N-dealkylation sites (tertiary alicyclic amines) is 1. The summed E-state index contributed by atoms with van der Waals surface area (Å²) in [7, 11) is 0. The second-order valence-electron chi connectivity index (χ2n) is 6.45. The second-order valence-corrected chi connectivity index (χ2v) is 6.45. The number of ether oxygens (including phenoxy) is 1. The van der Waals surface area contributed by atoms with Gasteiger partial charge < -0.3 is 14.6 Å². The van der Waals surface area contributed by atoms with Crippen LogP contribution in [0.4, 0.5) is 0 Å². The quantitative estimate of drug-likeness (QED) is 0.742. The summed E-state index contributed by atoms with van der Waals surface area (Å²) in [4.78, 5) is 10.5. The van der Waals surface area contributed by atoms with Crippen molar-refractivity contribution in [1.29, 1.82) is 0 Å². The first-order valence-electron chi connectivity index (χ1n) is 9.02. The minimum Gasteiger partial charge on any atom is -0.497 e. The Hall–Kier alpha value is -2.49. The lowest BCUT2D eigenvalue weighted by molar-refractivity contribution is 0.235. The van der Waals surface area contributed by atoms with Crippen molar-refractivity contribution in [2.45, 2.75) is 45.8 Å². The maximum atomic E-state index is 5.58. The van der Waals surface area contributed by atoms with Gasteiger partial charge in [0.15, 0.2) is 0 Å². The van der Waals surface area contributed by atoms with Crippen molar-refractivity contribution in [3.63, 3.8) is 0 Å². The predicted octanol–water partition coefficient (Wildman–Crippen LogP) is 4.74. The Labute approximate surface area is 150 Å². The molecule has 1 aliphatic heterocycles. The molecule has 1 unspecified atom stereocenters. The molecule has 0 bridgehead atoms. The van der Waals surface area contributed by atoms with Gasteiger partial charge in [-0.1, -0.05) is 36.4 Å². The molecule has 0 aliphatic carbocycles. The zero-order chi connectivity index (χ0) is 17.5. The predicted molar refractivity (Wildman–Crippen MR) is 101 cm³/mol. The van der Waals surface area contributed by atoms with Gasteiger partial charge in [0.25, 0.3) is 0 Å². The van der Waals surface area contributed by atoms with Crippen molar-refractivity contribution >= 4 is 0 Å². The van der Waals surface area contributed by atoms with E-state index in [4.69, 9.17) is 4.74 Å². The Morgan fingerprint density at radius 1 is 1.36 bits per heavy atom. The summed E-state index contributed by atoms with van der Waals surface area (Å²) in [5, 5.41) is 0. The van der Waals surface area contributed by atoms with E-state index in [1.807, 2.05) is 30.5 Å². The molecule has 4 heteroatoms. The first kappa shape index (κ1) is 17.3. The molecule has 1 N–H and O–H groups in total. The summed E-state index contributed by atoms with van der Waals surface area (Å²) in [5.74, 6) is 1.08. The minimum absolute atomic E-state index is 0.378. The van der Waals surface area contributed by atoms with Crippen LogP contribution in [0.25, 0.3) is 0 Å². The van der Waals surface area contributed by atoms with Crippen molar-refractivity contribution in [3.8, 4) is 0 Å². The van der Waals surface area contributed by atoms with E-state index >= 15 is 0 Å². The van der Waals surface area contributed by atoms with Crippen molar-refractivity contribution in [2.24, 2.45) is 0 Å². The van der Waals surface area contributed by atoms with Gasteiger partial charge >= 0.3 is 0 Å². The van der Waals surface area contributed by atoms with Gasteiger partial charge in [-0.3, -0.25) is 0 Å². The van der Waals surface area contributed by atoms with Crippen molar-refractivity contribution < 1.29 is 4.74 Å². The molecule has 1 aromatic heterocycles. The fraction of sp³-hybridized carbons (Fsp3) is 0.381. The number of aromatic amines is 1. The van der Waals surface area contributed by atoms with Gasteiger partial charge in [-0.05, 0) is 38.3 Å². The van der Waals surface area contributed by atoms with Gasteiger partial charge in [-0.15, -0.1) is 0 Å². The normalized spacial score (nSPS) is 18.2. The minimum atomic E-state index is 0.378. The molecule has 132 valence electrons. The number of imidazole rings is 1. The zero-order valence-corrected chi connectivity index (χ0v) is 15.1. The van der Waals surface area contributed by atoms with Crippen LogP contribution < -0.4 is 0 Å². The third kappa shape index (κ3) is 4.53. The maximum absolute atomic E-state index is 5.58. The number of benzene rings is 1. The van der Waals surface area contributed by atoms with Crippen LogP contribution in [0.5, 0.6) is 0 Å². The largest absolute Gasteiger partial charge is 0.497 e. The van der Waals surface area contributed by atoms with E-state index in [0.29, 0.717) is 12.6 Å². The zero-order valence-electron chi connectivity index (χ0n) is 15.1. The van der Waals surface area contributed by atoms with E-state index in [-0.39, 0.29) is 0 Å². The maximum Gasteiger partial charge on any atom is 0.129 e. The molecule has 0 radical (unpaired) electrons. The molecule has 1 aliphatic rings. The highest BCUT2D eigenvalue weighted by molar-refractivity contribution is 5.14. The van der Waals surface area contributed by atoms with Gasteiger partial charge in [-0.25, -0.2) is 4.98 Å². The molecule has 25 heavy (non-hydrogen) atoms. The molecule has 1 saturated heterocycles. The summed E-state index contributed by atoms with van der Waals surface area (Å²) in [6.45, 7) is 5.99. The summed E-state index contributed by atoms with van der Waals surface area (Å²) in [5.41, 5.74) is 3.63. The number of nitrogens with zero attached hydrogens (tertiary/aromatic N) is 2. The van der Waals surface area contributed by atoms with Crippen LogP contribution in [0.3, 0.4) is 0 Å². The molecule has 1 aromatic carbocycles. The monoisotopic (exact) mass is 337 g/mol. The number of rotatable bonds is 7. The van der Waals surface area contributed by atoms with Crippen LogP contribution in [0.15, 0.2) is 60.6 Å². The van der Waals surface area contributed by atoms with Crippen LogP contribution in [-0.4, -0.2) is 21.4 Å². The first-order chi connectivity index (χ1) is 12.3. The Morgan fingerprint density at radius 2 is 2.20 bits per heavy atom. The van der Waals surface area contributed by atoms with Gasteiger partial charge in [-0.2, -0.15) is 0 Å². The molecule has 2 aromatic rings. The van der Waals surface area contributed by atoms with Crippen molar-refractivity contribution in [2.75, 3.05) is 6.54 Å². The van der Waals surface area contributed by atoms with E-state index in [9.17, 15) is 0 Å². The second kappa shape index (κ2) is 8.56. The Balaban J connectivity index is 1.51. The first-order valence-corrected chi connectivity index (χ1v) is 9.02. The number of hydrogen-bond acceptors (Lipinski definition) is 3. The van der Waals surface area contributed by atoms with E-state index < -0.39 is 0 Å². The fourth-order valence-corrected chi connectivity index (χ4v) is 3.25. The molecule has 3 rings (SSSR count). The van der Waals surface area contributed by atoms with Crippen molar-refractivity contribution in [1.82, 2.24) is 14.9 Å².